The van der Waals surface area contributed by atoms with Crippen LogP contribution in [0.15, 0.2) is 48.8 Å². The van der Waals surface area contributed by atoms with Crippen molar-refractivity contribution in [3.05, 3.63) is 65.5 Å². The number of morpholine rings is 1. The highest BCUT2D eigenvalue weighted by Crippen LogP contribution is 2.26. The summed E-state index contributed by atoms with van der Waals surface area (Å²) in [6.07, 6.45) is 4.05. The summed E-state index contributed by atoms with van der Waals surface area (Å²) in [6, 6.07) is 10.2. The molecule has 1 aromatic carbocycles. The molecule has 1 saturated heterocycles. The van der Waals surface area contributed by atoms with E-state index in [9.17, 15) is 14.4 Å². The van der Waals surface area contributed by atoms with Crippen molar-refractivity contribution in [1.29, 1.82) is 0 Å². The number of hydrogen-bond donors (Lipinski definition) is 1. The highest BCUT2D eigenvalue weighted by atomic mass is 16.5. The Morgan fingerprint density at radius 3 is 2.71 bits per heavy atom. The molecule has 0 bridgehead atoms. The number of ketones is 1. The minimum Gasteiger partial charge on any atom is -0.488 e. The van der Waals surface area contributed by atoms with Crippen LogP contribution in [0, 0.1) is 0 Å². The molecule has 0 atom stereocenters. The highest BCUT2D eigenvalue weighted by Gasteiger charge is 2.19. The van der Waals surface area contributed by atoms with Crippen molar-refractivity contribution in [2.24, 2.45) is 5.73 Å². The fraction of sp³-hybridized carbons (Fsp3) is 0.320. The average molecular weight is 478 g/mol. The lowest BCUT2D eigenvalue weighted by molar-refractivity contribution is 0.0370. The molecular formula is C25H27N5O5. The van der Waals surface area contributed by atoms with Crippen LogP contribution in [-0.4, -0.2) is 77.0 Å². The van der Waals surface area contributed by atoms with Crippen LogP contribution in [0.25, 0.3) is 11.4 Å². The fourth-order valence-corrected chi connectivity index (χ4v) is 3.96. The Kier molecular flexibility index (Phi) is 8.09. The molecule has 10 nitrogen and oxygen atoms in total. The van der Waals surface area contributed by atoms with Crippen molar-refractivity contribution < 1.29 is 23.9 Å². The molecule has 10 heteroatoms. The zero-order valence-corrected chi connectivity index (χ0v) is 19.3. The van der Waals surface area contributed by atoms with Gasteiger partial charge in [-0.15, -0.1) is 0 Å². The maximum atomic E-state index is 12.9. The van der Waals surface area contributed by atoms with E-state index in [0.29, 0.717) is 60.7 Å². The average Bonchev–Trinajstić information content (AvgIpc) is 3.40. The van der Waals surface area contributed by atoms with Crippen LogP contribution < -0.4 is 10.5 Å². The molecule has 0 aliphatic carbocycles. The summed E-state index contributed by atoms with van der Waals surface area (Å²) >= 11 is 0. The second kappa shape index (κ2) is 11.6. The molecule has 0 saturated carbocycles. The number of pyridine rings is 1. The van der Waals surface area contributed by atoms with Crippen molar-refractivity contribution in [3.8, 4) is 17.1 Å². The number of nitrogens with two attached hydrogens (primary N) is 1. The van der Waals surface area contributed by atoms with Gasteiger partial charge in [-0.1, -0.05) is 18.2 Å². The van der Waals surface area contributed by atoms with E-state index in [2.05, 4.69) is 15.0 Å². The first-order chi connectivity index (χ1) is 17.1. The van der Waals surface area contributed by atoms with Crippen molar-refractivity contribution in [1.82, 2.24) is 19.7 Å². The molecule has 0 unspecified atom stereocenters. The summed E-state index contributed by atoms with van der Waals surface area (Å²) in [5.41, 5.74) is 7.73. The van der Waals surface area contributed by atoms with Crippen LogP contribution in [-0.2, 0) is 11.3 Å². The third-order valence-corrected chi connectivity index (χ3v) is 5.81. The van der Waals surface area contributed by atoms with E-state index in [1.165, 1.54) is 10.9 Å². The van der Waals surface area contributed by atoms with Crippen LogP contribution in [0.1, 0.15) is 37.5 Å². The van der Waals surface area contributed by atoms with E-state index in [1.54, 1.807) is 36.5 Å². The number of nitrogens with zero attached hydrogens (tertiary/aromatic N) is 4. The summed E-state index contributed by atoms with van der Waals surface area (Å²) in [6.45, 7) is 3.39. The molecule has 0 spiro atoms. The Morgan fingerprint density at radius 2 is 1.94 bits per heavy atom. The smallest absolute Gasteiger partial charge is 0.261 e. The lowest BCUT2D eigenvalue weighted by Gasteiger charge is -2.26. The quantitative estimate of drug-likeness (QED) is 0.343. The van der Waals surface area contributed by atoms with Crippen molar-refractivity contribution in [2.75, 3.05) is 39.4 Å². The maximum absolute atomic E-state index is 12.9. The number of Topliss-reactive ketones (excluding diaryl/α,β-unsaturated/α-hetero) is 1. The minimum absolute atomic E-state index is 0.0669. The number of aromatic nitrogens is 3. The maximum Gasteiger partial charge on any atom is 0.261 e. The second-order valence-electron chi connectivity index (χ2n) is 7.99. The molecule has 0 radical (unpaired) electrons. The Balaban J connectivity index is 1.51. The summed E-state index contributed by atoms with van der Waals surface area (Å²) < 4.78 is 12.5. The Bertz CT molecular complexity index is 1200. The molecule has 182 valence electrons. The van der Waals surface area contributed by atoms with Crippen molar-refractivity contribution >= 4 is 18.0 Å². The summed E-state index contributed by atoms with van der Waals surface area (Å²) in [5.74, 6) is -0.178. The Hall–Kier alpha value is -3.73. The van der Waals surface area contributed by atoms with Gasteiger partial charge in [0, 0.05) is 43.4 Å². The predicted octanol–water partition coefficient (Wildman–Crippen LogP) is 1.84. The van der Waals surface area contributed by atoms with Crippen molar-refractivity contribution in [2.45, 2.75) is 13.0 Å². The number of aldehydes is 1. The van der Waals surface area contributed by atoms with Gasteiger partial charge >= 0.3 is 0 Å². The van der Waals surface area contributed by atoms with Crippen LogP contribution in [0.3, 0.4) is 0 Å². The lowest BCUT2D eigenvalue weighted by Crippen LogP contribution is -2.37. The van der Waals surface area contributed by atoms with Gasteiger partial charge < -0.3 is 15.2 Å². The van der Waals surface area contributed by atoms with E-state index < -0.39 is 0 Å². The molecule has 3 heterocycles. The third-order valence-electron chi connectivity index (χ3n) is 5.81. The zero-order chi connectivity index (χ0) is 24.6. The Labute approximate surface area is 202 Å². The number of rotatable bonds is 10. The van der Waals surface area contributed by atoms with E-state index in [1.807, 2.05) is 6.07 Å². The first-order valence-corrected chi connectivity index (χ1v) is 11.4. The molecular weight excluding hydrogens is 450 g/mol. The van der Waals surface area contributed by atoms with Crippen LogP contribution in [0.5, 0.6) is 5.75 Å². The van der Waals surface area contributed by atoms with Gasteiger partial charge in [-0.2, -0.15) is 9.78 Å². The number of ether oxygens (including phenoxy) is 2. The van der Waals surface area contributed by atoms with Gasteiger partial charge in [0.2, 0.25) is 0 Å². The van der Waals surface area contributed by atoms with E-state index in [0.717, 1.165) is 13.1 Å². The molecule has 0 amide bonds. The number of carbonyl (C=O) groups excluding carboxylic acids is 3. The lowest BCUT2D eigenvalue weighted by atomic mass is 10.0. The minimum atomic E-state index is -0.367. The van der Waals surface area contributed by atoms with Crippen molar-refractivity contribution in [3.63, 3.8) is 0 Å². The van der Waals surface area contributed by atoms with Gasteiger partial charge in [0.25, 0.3) is 5.91 Å². The van der Waals surface area contributed by atoms with Gasteiger partial charge in [0.05, 0.1) is 42.9 Å². The molecule has 1 aliphatic rings. The van der Waals surface area contributed by atoms with Gasteiger partial charge in [-0.25, -0.2) is 0 Å². The molecule has 3 aromatic rings. The van der Waals surface area contributed by atoms with Gasteiger partial charge in [-0.3, -0.25) is 24.3 Å². The third kappa shape index (κ3) is 5.68. The normalized spacial score (nSPS) is 14.0. The number of carbonyl (C=O) groups is 3. The van der Waals surface area contributed by atoms with E-state index in [-0.39, 0.29) is 30.4 Å². The van der Waals surface area contributed by atoms with Crippen LogP contribution in [0.2, 0.25) is 0 Å². The molecule has 1 aliphatic heterocycles. The van der Waals surface area contributed by atoms with Crippen LogP contribution >= 0.6 is 0 Å². The Morgan fingerprint density at radius 1 is 1.11 bits per heavy atom. The predicted molar refractivity (Wildman–Crippen MR) is 128 cm³/mol. The zero-order valence-electron chi connectivity index (χ0n) is 19.3. The fourth-order valence-electron chi connectivity index (χ4n) is 3.96. The van der Waals surface area contributed by atoms with E-state index >= 15 is 0 Å². The number of hydrogen-bond acceptors (Lipinski definition) is 9. The standard InChI is InChI=1S/C25H27N5O5/c26-15-24(33)30-21(6-9-28-30)25-18(3-2-8-27-25)17-35-23-5-1-4-19(20(23)16-31)22(32)7-10-29-11-13-34-14-12-29/h1-6,8-9,16H,7,10-15,17,26H2. The van der Waals surface area contributed by atoms with Gasteiger partial charge in [0.15, 0.2) is 12.1 Å². The number of benzene rings is 1. The summed E-state index contributed by atoms with van der Waals surface area (Å²) in [7, 11) is 0. The molecule has 2 aromatic heterocycles. The summed E-state index contributed by atoms with van der Waals surface area (Å²) in [5, 5.41) is 4.04. The monoisotopic (exact) mass is 477 g/mol. The topological polar surface area (TPSA) is 130 Å². The SMILES string of the molecule is NCC(=O)n1nccc1-c1ncccc1COc1cccc(C(=O)CCN2CCOCC2)c1C=O. The molecule has 2 N–H and O–H groups in total. The van der Waals surface area contributed by atoms with Gasteiger partial charge in [0.1, 0.15) is 12.4 Å². The van der Waals surface area contributed by atoms with E-state index in [4.69, 9.17) is 15.2 Å². The molecule has 35 heavy (non-hydrogen) atoms. The first-order valence-electron chi connectivity index (χ1n) is 11.4. The largest absolute Gasteiger partial charge is 0.488 e. The molecule has 4 rings (SSSR count). The summed E-state index contributed by atoms with van der Waals surface area (Å²) in [4.78, 5) is 43.5. The van der Waals surface area contributed by atoms with Gasteiger partial charge in [-0.05, 0) is 18.2 Å². The molecule has 1 fully saturated rings. The second-order valence-corrected chi connectivity index (χ2v) is 7.99. The van der Waals surface area contributed by atoms with Crippen LogP contribution in [0.4, 0.5) is 0 Å². The highest BCUT2D eigenvalue weighted by molar-refractivity contribution is 6.04. The first kappa shape index (κ1) is 24.4.